The Balaban J connectivity index is 0.000000497. The highest BCUT2D eigenvalue weighted by Gasteiger charge is 2.39. The zero-order valence-corrected chi connectivity index (χ0v) is 20.8. The fraction of sp³-hybridized carbons (Fsp3) is 0.360. The Hall–Kier alpha value is -2.85. The van der Waals surface area contributed by atoms with Crippen LogP contribution in [-0.4, -0.2) is 44.7 Å². The molecule has 0 radical (unpaired) electrons. The Morgan fingerprint density at radius 2 is 1.67 bits per heavy atom. The highest BCUT2D eigenvalue weighted by Crippen LogP contribution is 2.38. The predicted molar refractivity (Wildman–Crippen MR) is 128 cm³/mol. The van der Waals surface area contributed by atoms with Crippen LogP contribution in [0.25, 0.3) is 6.08 Å². The molecule has 0 saturated heterocycles. The van der Waals surface area contributed by atoms with Crippen molar-refractivity contribution in [2.75, 3.05) is 20.1 Å². The first-order valence-corrected chi connectivity index (χ1v) is 11.0. The SMILES string of the molecule is CNCC(=O)NCC(F)(F)F.Cc1cc(/C=C/C(c2cc(C)c(C)c(Cl)c2)C(F)(F)F)ccc1C=O. The molecule has 0 bridgehead atoms. The second kappa shape index (κ2) is 13.5. The molecule has 198 valence electrons. The topological polar surface area (TPSA) is 58.2 Å². The highest BCUT2D eigenvalue weighted by atomic mass is 35.5. The monoisotopic (exact) mass is 536 g/mol. The number of allylic oxidation sites excluding steroid dienone is 1. The third kappa shape index (κ3) is 10.4. The van der Waals surface area contributed by atoms with Crippen molar-refractivity contribution in [3.63, 3.8) is 0 Å². The van der Waals surface area contributed by atoms with Crippen molar-refractivity contribution in [2.45, 2.75) is 39.0 Å². The van der Waals surface area contributed by atoms with E-state index in [9.17, 15) is 35.9 Å². The number of benzene rings is 2. The molecule has 2 aromatic carbocycles. The van der Waals surface area contributed by atoms with E-state index in [1.807, 2.05) is 0 Å². The van der Waals surface area contributed by atoms with Gasteiger partial charge in [-0.2, -0.15) is 26.3 Å². The van der Waals surface area contributed by atoms with Gasteiger partial charge >= 0.3 is 12.4 Å². The lowest BCUT2D eigenvalue weighted by molar-refractivity contribution is -0.139. The minimum atomic E-state index is -4.43. The van der Waals surface area contributed by atoms with Gasteiger partial charge in [0, 0.05) is 10.6 Å². The molecule has 0 saturated carbocycles. The molecular weight excluding hydrogens is 510 g/mol. The van der Waals surface area contributed by atoms with Gasteiger partial charge in [0.2, 0.25) is 5.91 Å². The lowest BCUT2D eigenvalue weighted by Crippen LogP contribution is -2.38. The summed E-state index contributed by atoms with van der Waals surface area (Å²) in [7, 11) is 1.48. The van der Waals surface area contributed by atoms with E-state index in [4.69, 9.17) is 11.6 Å². The Labute approximate surface area is 210 Å². The largest absolute Gasteiger partial charge is 0.405 e. The normalized spacial score (nSPS) is 12.6. The van der Waals surface area contributed by atoms with E-state index in [0.717, 1.165) is 29.1 Å². The number of hydrogen-bond acceptors (Lipinski definition) is 3. The van der Waals surface area contributed by atoms with Crippen LogP contribution in [0.2, 0.25) is 5.02 Å². The lowest BCUT2D eigenvalue weighted by atomic mass is 9.93. The molecule has 0 aliphatic rings. The highest BCUT2D eigenvalue weighted by molar-refractivity contribution is 6.31. The molecule has 2 aromatic rings. The average Bonchev–Trinajstić information content (AvgIpc) is 2.75. The first kappa shape index (κ1) is 31.2. The van der Waals surface area contributed by atoms with Crippen LogP contribution in [0.5, 0.6) is 0 Å². The fourth-order valence-electron chi connectivity index (χ4n) is 3.00. The number of amides is 1. The summed E-state index contributed by atoms with van der Waals surface area (Å²) >= 11 is 6.06. The summed E-state index contributed by atoms with van der Waals surface area (Å²) in [5, 5.41) is 4.44. The molecule has 0 aliphatic carbocycles. The van der Waals surface area contributed by atoms with E-state index in [1.165, 1.54) is 25.3 Å². The minimum Gasteiger partial charge on any atom is -0.346 e. The van der Waals surface area contributed by atoms with Crippen LogP contribution in [0.3, 0.4) is 0 Å². The number of carbonyl (C=O) groups excluding carboxylic acids is 2. The second-order valence-electron chi connectivity index (χ2n) is 7.98. The summed E-state index contributed by atoms with van der Waals surface area (Å²) in [5.74, 6) is -2.42. The predicted octanol–water partition coefficient (Wildman–Crippen LogP) is 6.32. The van der Waals surface area contributed by atoms with Crippen LogP contribution >= 0.6 is 11.6 Å². The number of alkyl halides is 6. The zero-order chi connectivity index (χ0) is 27.7. The van der Waals surface area contributed by atoms with E-state index in [0.29, 0.717) is 16.1 Å². The summed E-state index contributed by atoms with van der Waals surface area (Å²) in [4.78, 5) is 21.2. The van der Waals surface area contributed by atoms with Gasteiger partial charge in [-0.25, -0.2) is 0 Å². The van der Waals surface area contributed by atoms with Crippen molar-refractivity contribution in [1.29, 1.82) is 0 Å². The van der Waals surface area contributed by atoms with Crippen molar-refractivity contribution < 1.29 is 35.9 Å². The molecule has 1 atom stereocenters. The van der Waals surface area contributed by atoms with Gasteiger partial charge in [0.15, 0.2) is 0 Å². The van der Waals surface area contributed by atoms with Crippen LogP contribution < -0.4 is 10.6 Å². The van der Waals surface area contributed by atoms with Crippen LogP contribution in [0.1, 0.15) is 44.1 Å². The number of rotatable bonds is 7. The fourth-order valence-corrected chi connectivity index (χ4v) is 3.27. The number of carbonyl (C=O) groups is 2. The van der Waals surface area contributed by atoms with E-state index >= 15 is 0 Å². The van der Waals surface area contributed by atoms with Crippen LogP contribution in [0, 0.1) is 20.8 Å². The van der Waals surface area contributed by atoms with Crippen molar-refractivity contribution >= 4 is 29.9 Å². The van der Waals surface area contributed by atoms with Gasteiger partial charge in [0.25, 0.3) is 0 Å². The smallest absolute Gasteiger partial charge is 0.346 e. The maximum absolute atomic E-state index is 13.5. The molecular formula is C25H27ClF6N2O2. The molecule has 0 heterocycles. The molecule has 0 fully saturated rings. The molecule has 0 aliphatic heterocycles. The molecule has 1 amide bonds. The molecule has 2 N–H and O–H groups in total. The summed E-state index contributed by atoms with van der Waals surface area (Å²) in [6.07, 6.45) is -5.50. The van der Waals surface area contributed by atoms with Gasteiger partial charge in [0.05, 0.1) is 12.5 Å². The van der Waals surface area contributed by atoms with Crippen molar-refractivity contribution in [3.05, 3.63) is 74.8 Å². The third-order valence-electron chi connectivity index (χ3n) is 5.06. The third-order valence-corrected chi connectivity index (χ3v) is 5.46. The van der Waals surface area contributed by atoms with E-state index < -0.39 is 30.7 Å². The van der Waals surface area contributed by atoms with Crippen molar-refractivity contribution in [2.24, 2.45) is 0 Å². The van der Waals surface area contributed by atoms with Gasteiger partial charge in [-0.05, 0) is 61.7 Å². The first-order chi connectivity index (χ1) is 16.6. The number of halogens is 7. The Kier molecular flexibility index (Phi) is 11.7. The average molecular weight is 537 g/mol. The van der Waals surface area contributed by atoms with Crippen LogP contribution in [-0.2, 0) is 4.79 Å². The van der Waals surface area contributed by atoms with Gasteiger partial charge < -0.3 is 10.6 Å². The molecule has 0 aromatic heterocycles. The number of nitrogens with one attached hydrogen (secondary N) is 2. The second-order valence-corrected chi connectivity index (χ2v) is 8.39. The summed E-state index contributed by atoms with van der Waals surface area (Å²) in [5.41, 5.74) is 3.44. The molecule has 2 rings (SSSR count). The van der Waals surface area contributed by atoms with E-state index in [-0.39, 0.29) is 12.1 Å². The number of likely N-dealkylation sites (N-methyl/N-ethyl adjacent to an activating group) is 1. The standard InChI is InChI=1S/C20H18ClF3O.C5H9F3N2O/c1-12-9-17(10-19(21)14(12)3)18(20(22,23)24)7-5-15-4-6-16(11-25)13(2)8-15;1-9-2-4(11)10-3-5(6,7)8/h4-11,18H,1-3H3;9H,2-3H2,1H3,(H,10,11)/b7-5+;. The van der Waals surface area contributed by atoms with Crippen molar-refractivity contribution in [3.8, 4) is 0 Å². The van der Waals surface area contributed by atoms with Gasteiger partial charge in [-0.15, -0.1) is 0 Å². The Morgan fingerprint density at radius 3 is 2.14 bits per heavy atom. The molecule has 36 heavy (non-hydrogen) atoms. The van der Waals surface area contributed by atoms with Gasteiger partial charge in [0.1, 0.15) is 12.8 Å². The zero-order valence-electron chi connectivity index (χ0n) is 20.1. The molecule has 0 spiro atoms. The molecule has 1 unspecified atom stereocenters. The van der Waals surface area contributed by atoms with Gasteiger partial charge in [-0.3, -0.25) is 9.59 Å². The number of aldehydes is 1. The quantitative estimate of drug-likeness (QED) is 0.321. The summed E-state index contributed by atoms with van der Waals surface area (Å²) in [6.45, 7) is 3.88. The first-order valence-electron chi connectivity index (χ1n) is 10.6. The van der Waals surface area contributed by atoms with E-state index in [2.05, 4.69) is 5.32 Å². The molecule has 11 heteroatoms. The van der Waals surface area contributed by atoms with Crippen LogP contribution in [0.4, 0.5) is 26.3 Å². The van der Waals surface area contributed by atoms with Crippen molar-refractivity contribution in [1.82, 2.24) is 10.6 Å². The lowest BCUT2D eigenvalue weighted by Gasteiger charge is -2.19. The maximum atomic E-state index is 13.5. The van der Waals surface area contributed by atoms with Gasteiger partial charge in [-0.1, -0.05) is 48.0 Å². The van der Waals surface area contributed by atoms with Crippen LogP contribution in [0.15, 0.2) is 36.4 Å². The summed E-state index contributed by atoms with van der Waals surface area (Å²) in [6, 6.07) is 7.78. The number of aryl methyl sites for hydroxylation is 2. The Morgan fingerprint density at radius 1 is 1.03 bits per heavy atom. The molecule has 4 nitrogen and oxygen atoms in total. The summed E-state index contributed by atoms with van der Waals surface area (Å²) < 4.78 is 74.9. The van der Waals surface area contributed by atoms with E-state index in [1.54, 1.807) is 44.3 Å². The minimum absolute atomic E-state index is 0.101. The Bertz CT molecular complexity index is 1060. The maximum Gasteiger partial charge on any atom is 0.405 e. The number of hydrogen-bond donors (Lipinski definition) is 2.